The molecule has 0 spiro atoms. The van der Waals surface area contributed by atoms with Crippen molar-refractivity contribution in [2.45, 2.75) is 32.2 Å². The third-order valence-corrected chi connectivity index (χ3v) is 5.66. The molecule has 2 aliphatic heterocycles. The number of amides is 1. The molecule has 0 saturated carbocycles. The number of piperazine rings is 1. The number of nitrogens with zero attached hydrogens (tertiary/aromatic N) is 7. The van der Waals surface area contributed by atoms with Gasteiger partial charge in [-0.1, -0.05) is 0 Å². The average molecular weight is 357 g/mol. The van der Waals surface area contributed by atoms with E-state index in [1.807, 2.05) is 13.2 Å². The molecule has 8 heteroatoms. The van der Waals surface area contributed by atoms with Crippen molar-refractivity contribution in [3.05, 3.63) is 12.5 Å². The Morgan fingerprint density at radius 1 is 1.15 bits per heavy atom. The highest BCUT2D eigenvalue weighted by atomic mass is 16.2. The summed E-state index contributed by atoms with van der Waals surface area (Å²) in [7, 11) is 1.89. The molecule has 0 bridgehead atoms. The Labute approximate surface area is 153 Å². The lowest BCUT2D eigenvalue weighted by Crippen LogP contribution is -2.52. The SMILES string of the molecule is CC1CCCCN1C(=O)CN1CCN(c2ncnc3c2cnn3C)CC1. The lowest BCUT2D eigenvalue weighted by atomic mass is 10.0. The van der Waals surface area contributed by atoms with E-state index in [0.29, 0.717) is 12.6 Å². The molecule has 2 fully saturated rings. The fraction of sp³-hybridized carbons (Fsp3) is 0.667. The van der Waals surface area contributed by atoms with Gasteiger partial charge in [0, 0.05) is 45.8 Å². The average Bonchev–Trinajstić information content (AvgIpc) is 3.04. The van der Waals surface area contributed by atoms with Crippen LogP contribution < -0.4 is 4.90 Å². The predicted octanol–water partition coefficient (Wildman–Crippen LogP) is 0.886. The number of rotatable bonds is 3. The summed E-state index contributed by atoms with van der Waals surface area (Å²) < 4.78 is 1.77. The van der Waals surface area contributed by atoms with E-state index in [1.54, 1.807) is 11.0 Å². The van der Waals surface area contributed by atoms with Crippen LogP contribution in [0.3, 0.4) is 0 Å². The van der Waals surface area contributed by atoms with Crippen LogP contribution >= 0.6 is 0 Å². The van der Waals surface area contributed by atoms with Crippen LogP contribution in [0.5, 0.6) is 0 Å². The van der Waals surface area contributed by atoms with Gasteiger partial charge in [-0.05, 0) is 26.2 Å². The van der Waals surface area contributed by atoms with E-state index in [1.165, 1.54) is 6.42 Å². The van der Waals surface area contributed by atoms with Crippen molar-refractivity contribution in [1.82, 2.24) is 29.5 Å². The fourth-order valence-electron chi connectivity index (χ4n) is 4.07. The van der Waals surface area contributed by atoms with Gasteiger partial charge >= 0.3 is 0 Å². The van der Waals surface area contributed by atoms with Gasteiger partial charge in [0.15, 0.2) is 5.65 Å². The number of hydrogen-bond acceptors (Lipinski definition) is 6. The molecule has 4 heterocycles. The summed E-state index contributed by atoms with van der Waals surface area (Å²) in [6, 6.07) is 0.387. The third-order valence-electron chi connectivity index (χ3n) is 5.66. The second kappa shape index (κ2) is 7.19. The summed E-state index contributed by atoms with van der Waals surface area (Å²) in [5.41, 5.74) is 0.853. The Morgan fingerprint density at radius 3 is 2.73 bits per heavy atom. The summed E-state index contributed by atoms with van der Waals surface area (Å²) in [6.07, 6.45) is 6.95. The van der Waals surface area contributed by atoms with Crippen LogP contribution in [-0.4, -0.2) is 80.8 Å². The van der Waals surface area contributed by atoms with E-state index in [0.717, 1.165) is 62.4 Å². The molecule has 2 aromatic heterocycles. The molecule has 1 amide bonds. The maximum atomic E-state index is 12.6. The largest absolute Gasteiger partial charge is 0.353 e. The number of piperidine rings is 1. The van der Waals surface area contributed by atoms with Gasteiger partial charge < -0.3 is 9.80 Å². The first kappa shape index (κ1) is 17.2. The second-order valence-corrected chi connectivity index (χ2v) is 7.40. The lowest BCUT2D eigenvalue weighted by molar-refractivity contribution is -0.135. The zero-order chi connectivity index (χ0) is 18.1. The number of carbonyl (C=O) groups excluding carboxylic acids is 1. The Morgan fingerprint density at radius 2 is 1.96 bits per heavy atom. The number of likely N-dealkylation sites (tertiary alicyclic amines) is 1. The zero-order valence-electron chi connectivity index (χ0n) is 15.6. The maximum Gasteiger partial charge on any atom is 0.236 e. The van der Waals surface area contributed by atoms with Crippen LogP contribution in [0, 0.1) is 0 Å². The van der Waals surface area contributed by atoms with Gasteiger partial charge in [0.05, 0.1) is 18.1 Å². The highest BCUT2D eigenvalue weighted by Gasteiger charge is 2.27. The Kier molecular flexibility index (Phi) is 4.76. The minimum atomic E-state index is 0.280. The first-order chi connectivity index (χ1) is 12.6. The van der Waals surface area contributed by atoms with Crippen LogP contribution in [0.15, 0.2) is 12.5 Å². The molecule has 2 aromatic rings. The molecule has 140 valence electrons. The standard InChI is InChI=1S/C18H27N7O/c1-14-5-3-4-6-25(14)16(26)12-23-7-9-24(10-8-23)18-15-11-21-22(2)17(15)19-13-20-18/h11,13-14H,3-10,12H2,1-2H3. The summed E-state index contributed by atoms with van der Waals surface area (Å²) in [6.45, 7) is 7.10. The van der Waals surface area contributed by atoms with Crippen LogP contribution in [0.4, 0.5) is 5.82 Å². The number of carbonyl (C=O) groups is 1. The normalized spacial score (nSPS) is 22.2. The van der Waals surface area contributed by atoms with Crippen LogP contribution in [0.2, 0.25) is 0 Å². The lowest BCUT2D eigenvalue weighted by Gasteiger charge is -2.38. The minimum absolute atomic E-state index is 0.280. The number of fused-ring (bicyclic) bond motifs is 1. The van der Waals surface area contributed by atoms with Gasteiger partial charge in [-0.2, -0.15) is 5.10 Å². The van der Waals surface area contributed by atoms with Gasteiger partial charge in [-0.3, -0.25) is 14.4 Å². The van der Waals surface area contributed by atoms with Gasteiger partial charge in [-0.15, -0.1) is 0 Å². The highest BCUT2D eigenvalue weighted by Crippen LogP contribution is 2.23. The van der Waals surface area contributed by atoms with Gasteiger partial charge in [0.2, 0.25) is 5.91 Å². The molecule has 0 aromatic carbocycles. The summed E-state index contributed by atoms with van der Waals surface area (Å²) in [4.78, 5) is 28.0. The second-order valence-electron chi connectivity index (χ2n) is 7.40. The monoisotopic (exact) mass is 357 g/mol. The van der Waals surface area contributed by atoms with E-state index >= 15 is 0 Å². The van der Waals surface area contributed by atoms with Crippen molar-refractivity contribution in [1.29, 1.82) is 0 Å². The summed E-state index contributed by atoms with van der Waals surface area (Å²) in [5, 5.41) is 5.28. The van der Waals surface area contributed by atoms with E-state index in [2.05, 4.69) is 36.7 Å². The van der Waals surface area contributed by atoms with Gasteiger partial charge in [0.25, 0.3) is 0 Å². The molecule has 0 radical (unpaired) electrons. The Hall–Kier alpha value is -2.22. The molecule has 1 unspecified atom stereocenters. The number of aryl methyl sites for hydroxylation is 1. The topological polar surface area (TPSA) is 70.4 Å². The van der Waals surface area contributed by atoms with Crippen LogP contribution in [0.25, 0.3) is 11.0 Å². The van der Waals surface area contributed by atoms with Gasteiger partial charge in [-0.25, -0.2) is 9.97 Å². The molecule has 0 aliphatic carbocycles. The minimum Gasteiger partial charge on any atom is -0.353 e. The van der Waals surface area contributed by atoms with E-state index in [4.69, 9.17) is 0 Å². The van der Waals surface area contributed by atoms with E-state index < -0.39 is 0 Å². The van der Waals surface area contributed by atoms with Crippen molar-refractivity contribution in [3.63, 3.8) is 0 Å². The van der Waals surface area contributed by atoms with Crippen molar-refractivity contribution in [2.75, 3.05) is 44.2 Å². The highest BCUT2D eigenvalue weighted by molar-refractivity contribution is 5.86. The molecular formula is C18H27N7O. The molecule has 26 heavy (non-hydrogen) atoms. The van der Waals surface area contributed by atoms with Crippen molar-refractivity contribution in [2.24, 2.45) is 7.05 Å². The molecule has 0 N–H and O–H groups in total. The maximum absolute atomic E-state index is 12.6. The van der Waals surface area contributed by atoms with E-state index in [-0.39, 0.29) is 5.91 Å². The smallest absolute Gasteiger partial charge is 0.236 e. The van der Waals surface area contributed by atoms with Crippen LogP contribution in [-0.2, 0) is 11.8 Å². The van der Waals surface area contributed by atoms with Gasteiger partial charge in [0.1, 0.15) is 12.1 Å². The Balaban J connectivity index is 1.37. The summed E-state index contributed by atoms with van der Waals surface area (Å²) in [5.74, 6) is 1.22. The zero-order valence-corrected chi connectivity index (χ0v) is 15.6. The van der Waals surface area contributed by atoms with E-state index in [9.17, 15) is 4.79 Å². The number of hydrogen-bond donors (Lipinski definition) is 0. The van der Waals surface area contributed by atoms with Crippen molar-refractivity contribution >= 4 is 22.8 Å². The predicted molar refractivity (Wildman–Crippen MR) is 100.0 cm³/mol. The molecule has 2 saturated heterocycles. The van der Waals surface area contributed by atoms with Crippen molar-refractivity contribution in [3.8, 4) is 0 Å². The molecule has 1 atom stereocenters. The number of anilines is 1. The number of aromatic nitrogens is 4. The third kappa shape index (κ3) is 3.25. The fourth-order valence-corrected chi connectivity index (χ4v) is 4.07. The molecular weight excluding hydrogens is 330 g/mol. The molecule has 2 aliphatic rings. The first-order valence-corrected chi connectivity index (χ1v) is 9.53. The first-order valence-electron chi connectivity index (χ1n) is 9.53. The summed E-state index contributed by atoms with van der Waals surface area (Å²) >= 11 is 0. The molecule has 4 rings (SSSR count). The van der Waals surface area contributed by atoms with Crippen LogP contribution in [0.1, 0.15) is 26.2 Å². The quantitative estimate of drug-likeness (QED) is 0.812. The molecule has 8 nitrogen and oxygen atoms in total. The Bertz CT molecular complexity index is 781. The van der Waals surface area contributed by atoms with Crippen molar-refractivity contribution < 1.29 is 4.79 Å².